The van der Waals surface area contributed by atoms with Crippen molar-refractivity contribution in [1.82, 2.24) is 4.98 Å². The van der Waals surface area contributed by atoms with Gasteiger partial charge in [0.1, 0.15) is 0 Å². The number of ether oxygens (including phenoxy) is 1. The van der Waals surface area contributed by atoms with Gasteiger partial charge in [-0.05, 0) is 37.5 Å². The van der Waals surface area contributed by atoms with Crippen LogP contribution in [0.5, 0.6) is 5.75 Å². The van der Waals surface area contributed by atoms with Crippen molar-refractivity contribution >= 4 is 0 Å². The molecule has 2 nitrogen and oxygen atoms in total. The quantitative estimate of drug-likeness (QED) is 0.527. The van der Waals surface area contributed by atoms with E-state index < -0.39 is 5.95 Å². The molecule has 0 spiro atoms. The highest BCUT2D eigenvalue weighted by Crippen LogP contribution is 2.23. The Labute approximate surface area is 126 Å². The predicted molar refractivity (Wildman–Crippen MR) is 84.0 cm³/mol. The highest BCUT2D eigenvalue weighted by molar-refractivity contribution is 5.59. The number of aryl methyl sites for hydroxylation is 1. The lowest BCUT2D eigenvalue weighted by Crippen LogP contribution is -1.97. The summed E-state index contributed by atoms with van der Waals surface area (Å²) in [5.74, 6) is -0.348. The molecular weight excluding hydrogens is 265 g/mol. The fourth-order valence-electron chi connectivity index (χ4n) is 2.27. The van der Waals surface area contributed by atoms with Gasteiger partial charge in [-0.1, -0.05) is 44.0 Å². The standard InChI is InChI=1S/C18H22FNO/c1-3-5-6-7-14-8-10-15(11-9-14)16-12-13-17(21-4-2)18(19)20-16/h8-13H,3-7H2,1-2H3. The Bertz CT molecular complexity index is 566. The van der Waals surface area contributed by atoms with Crippen LogP contribution in [0.25, 0.3) is 11.3 Å². The minimum absolute atomic E-state index is 0.206. The number of pyridine rings is 1. The van der Waals surface area contributed by atoms with Crippen molar-refractivity contribution in [3.63, 3.8) is 0 Å². The Morgan fingerprint density at radius 3 is 2.38 bits per heavy atom. The summed E-state index contributed by atoms with van der Waals surface area (Å²) in [4.78, 5) is 3.98. The zero-order chi connectivity index (χ0) is 15.1. The monoisotopic (exact) mass is 287 g/mol. The Morgan fingerprint density at radius 1 is 1.00 bits per heavy atom. The molecule has 112 valence electrons. The van der Waals surface area contributed by atoms with E-state index in [1.165, 1.54) is 24.8 Å². The summed E-state index contributed by atoms with van der Waals surface area (Å²) < 4.78 is 18.9. The van der Waals surface area contributed by atoms with Gasteiger partial charge in [0, 0.05) is 5.56 Å². The van der Waals surface area contributed by atoms with Gasteiger partial charge in [0.15, 0.2) is 5.75 Å². The predicted octanol–water partition coefficient (Wildman–Crippen LogP) is 5.02. The second-order valence-electron chi connectivity index (χ2n) is 5.07. The van der Waals surface area contributed by atoms with E-state index in [4.69, 9.17) is 4.74 Å². The fourth-order valence-corrected chi connectivity index (χ4v) is 2.27. The fraction of sp³-hybridized carbons (Fsp3) is 0.389. The molecule has 1 aromatic carbocycles. The molecule has 1 aromatic heterocycles. The van der Waals surface area contributed by atoms with Gasteiger partial charge in [-0.3, -0.25) is 0 Å². The average Bonchev–Trinajstić information content (AvgIpc) is 2.50. The number of hydrogen-bond acceptors (Lipinski definition) is 2. The van der Waals surface area contributed by atoms with Gasteiger partial charge in [-0.2, -0.15) is 4.39 Å². The van der Waals surface area contributed by atoms with E-state index in [-0.39, 0.29) is 5.75 Å². The molecule has 0 bridgehead atoms. The Morgan fingerprint density at radius 2 is 1.76 bits per heavy atom. The van der Waals surface area contributed by atoms with Crippen LogP contribution in [0.4, 0.5) is 4.39 Å². The van der Waals surface area contributed by atoms with E-state index >= 15 is 0 Å². The van der Waals surface area contributed by atoms with Crippen LogP contribution >= 0.6 is 0 Å². The number of hydrogen-bond donors (Lipinski definition) is 0. The van der Waals surface area contributed by atoms with E-state index in [0.717, 1.165) is 12.0 Å². The largest absolute Gasteiger partial charge is 0.489 e. The van der Waals surface area contributed by atoms with Crippen LogP contribution < -0.4 is 4.74 Å². The third-order valence-corrected chi connectivity index (χ3v) is 3.43. The molecule has 21 heavy (non-hydrogen) atoms. The third kappa shape index (κ3) is 4.28. The first-order valence-corrected chi connectivity index (χ1v) is 7.63. The summed E-state index contributed by atoms with van der Waals surface area (Å²) in [6, 6.07) is 11.6. The van der Waals surface area contributed by atoms with Gasteiger partial charge < -0.3 is 4.74 Å². The molecule has 0 N–H and O–H groups in total. The van der Waals surface area contributed by atoms with Crippen molar-refractivity contribution in [3.05, 3.63) is 47.9 Å². The zero-order valence-electron chi connectivity index (χ0n) is 12.7. The van der Waals surface area contributed by atoms with Crippen LogP contribution in [0.15, 0.2) is 36.4 Å². The molecule has 2 rings (SSSR count). The van der Waals surface area contributed by atoms with Gasteiger partial charge in [-0.25, -0.2) is 4.98 Å². The molecule has 1 heterocycles. The van der Waals surface area contributed by atoms with Gasteiger partial charge in [0.2, 0.25) is 0 Å². The normalized spacial score (nSPS) is 10.6. The topological polar surface area (TPSA) is 22.1 Å². The van der Waals surface area contributed by atoms with Crippen molar-refractivity contribution < 1.29 is 9.13 Å². The molecule has 0 atom stereocenters. The maximum Gasteiger partial charge on any atom is 0.255 e. The summed E-state index contributed by atoms with van der Waals surface area (Å²) in [5.41, 5.74) is 2.88. The van der Waals surface area contributed by atoms with E-state index in [1.54, 1.807) is 12.1 Å². The van der Waals surface area contributed by atoms with Gasteiger partial charge in [0.05, 0.1) is 12.3 Å². The van der Waals surface area contributed by atoms with E-state index in [1.807, 2.05) is 19.1 Å². The first kappa shape index (κ1) is 15.5. The summed E-state index contributed by atoms with van der Waals surface area (Å²) in [6.07, 6.45) is 4.80. The smallest absolute Gasteiger partial charge is 0.255 e. The Hall–Kier alpha value is -1.90. The van der Waals surface area contributed by atoms with Crippen molar-refractivity contribution in [1.29, 1.82) is 0 Å². The van der Waals surface area contributed by atoms with Gasteiger partial charge in [0.25, 0.3) is 5.95 Å². The minimum Gasteiger partial charge on any atom is -0.489 e. The van der Waals surface area contributed by atoms with E-state index in [9.17, 15) is 4.39 Å². The second-order valence-corrected chi connectivity index (χ2v) is 5.07. The number of halogens is 1. The Kier molecular flexibility index (Phi) is 5.73. The van der Waals surface area contributed by atoms with E-state index in [2.05, 4.69) is 24.0 Å². The summed E-state index contributed by atoms with van der Waals surface area (Å²) in [7, 11) is 0. The zero-order valence-corrected chi connectivity index (χ0v) is 12.7. The molecular formula is C18H22FNO. The maximum atomic E-state index is 13.8. The van der Waals surface area contributed by atoms with Crippen LogP contribution in [0.1, 0.15) is 38.7 Å². The molecule has 0 radical (unpaired) electrons. The number of benzene rings is 1. The number of aromatic nitrogens is 1. The first-order valence-electron chi connectivity index (χ1n) is 7.63. The molecule has 0 fully saturated rings. The number of rotatable bonds is 7. The molecule has 0 unspecified atom stereocenters. The van der Waals surface area contributed by atoms with Crippen LogP contribution in [-0.2, 0) is 6.42 Å². The van der Waals surface area contributed by atoms with Crippen molar-refractivity contribution in [3.8, 4) is 17.0 Å². The first-order chi connectivity index (χ1) is 10.2. The number of unbranched alkanes of at least 4 members (excludes halogenated alkanes) is 2. The third-order valence-electron chi connectivity index (χ3n) is 3.43. The summed E-state index contributed by atoms with van der Waals surface area (Å²) in [6.45, 7) is 4.46. The molecule has 0 aliphatic heterocycles. The SMILES string of the molecule is CCCCCc1ccc(-c2ccc(OCC)c(F)n2)cc1. The van der Waals surface area contributed by atoms with Crippen LogP contribution in [0.3, 0.4) is 0 Å². The Balaban J connectivity index is 2.09. The van der Waals surface area contributed by atoms with Gasteiger partial charge in [-0.15, -0.1) is 0 Å². The summed E-state index contributed by atoms with van der Waals surface area (Å²) in [5, 5.41) is 0. The van der Waals surface area contributed by atoms with E-state index in [0.29, 0.717) is 12.3 Å². The lowest BCUT2D eigenvalue weighted by Gasteiger charge is -2.07. The molecule has 0 saturated heterocycles. The molecule has 0 amide bonds. The highest BCUT2D eigenvalue weighted by atomic mass is 19.1. The van der Waals surface area contributed by atoms with Crippen LogP contribution in [0, 0.1) is 5.95 Å². The van der Waals surface area contributed by atoms with Crippen LogP contribution in [0.2, 0.25) is 0 Å². The van der Waals surface area contributed by atoms with Gasteiger partial charge >= 0.3 is 0 Å². The highest BCUT2D eigenvalue weighted by Gasteiger charge is 2.07. The summed E-state index contributed by atoms with van der Waals surface area (Å²) >= 11 is 0. The second kappa shape index (κ2) is 7.77. The molecule has 3 heteroatoms. The van der Waals surface area contributed by atoms with Crippen molar-refractivity contribution in [2.75, 3.05) is 6.61 Å². The number of nitrogens with zero attached hydrogens (tertiary/aromatic N) is 1. The van der Waals surface area contributed by atoms with Crippen molar-refractivity contribution in [2.24, 2.45) is 0 Å². The molecule has 0 saturated carbocycles. The molecule has 2 aromatic rings. The minimum atomic E-state index is -0.554. The average molecular weight is 287 g/mol. The molecule has 0 aliphatic rings. The van der Waals surface area contributed by atoms with Crippen molar-refractivity contribution in [2.45, 2.75) is 39.5 Å². The lowest BCUT2D eigenvalue weighted by atomic mass is 10.0. The lowest BCUT2D eigenvalue weighted by molar-refractivity contribution is 0.316. The maximum absolute atomic E-state index is 13.8. The molecule has 0 aliphatic carbocycles. The van der Waals surface area contributed by atoms with Crippen LogP contribution in [-0.4, -0.2) is 11.6 Å².